The van der Waals surface area contributed by atoms with Gasteiger partial charge in [-0.1, -0.05) is 60.7 Å². The molecule has 0 radical (unpaired) electrons. The van der Waals surface area contributed by atoms with Crippen LogP contribution in [0.25, 0.3) is 5.32 Å². The van der Waals surface area contributed by atoms with Crippen molar-refractivity contribution in [2.75, 3.05) is 0 Å². The highest BCUT2D eigenvalue weighted by Crippen LogP contribution is 2.24. The van der Waals surface area contributed by atoms with Crippen LogP contribution in [0.4, 0.5) is 11.4 Å². The van der Waals surface area contributed by atoms with Crippen molar-refractivity contribution in [1.29, 1.82) is 0 Å². The average molecular weight is 259 g/mol. The molecule has 0 aromatic heterocycles. The molecule has 20 heavy (non-hydrogen) atoms. The van der Waals surface area contributed by atoms with E-state index in [4.69, 9.17) is 0 Å². The van der Waals surface area contributed by atoms with E-state index < -0.39 is 0 Å². The lowest BCUT2D eigenvalue weighted by molar-refractivity contribution is 1.19. The summed E-state index contributed by atoms with van der Waals surface area (Å²) in [4.78, 5) is 4.46. The molecule has 2 nitrogen and oxygen atoms in total. The Morgan fingerprint density at radius 1 is 0.900 bits per heavy atom. The van der Waals surface area contributed by atoms with Crippen molar-refractivity contribution in [3.05, 3.63) is 90.0 Å². The minimum Gasteiger partial charge on any atom is -0.664 e. The molecule has 0 amide bonds. The summed E-state index contributed by atoms with van der Waals surface area (Å²) >= 11 is 0. The molecule has 0 spiro atoms. The molecule has 0 atom stereocenters. The SMILES string of the molecule is C1=CC(=C[N-]c2ccc(N=CC3C=CC=C3)cc2)C=C1. The van der Waals surface area contributed by atoms with Gasteiger partial charge in [0.25, 0.3) is 0 Å². The van der Waals surface area contributed by atoms with Crippen LogP contribution in [0.15, 0.2) is 89.6 Å². The van der Waals surface area contributed by atoms with Crippen molar-refractivity contribution >= 4 is 17.6 Å². The molecule has 0 saturated carbocycles. The topological polar surface area (TPSA) is 26.5 Å². The number of nitrogens with zero attached hydrogens (tertiary/aromatic N) is 2. The minimum atomic E-state index is 0.324. The van der Waals surface area contributed by atoms with Gasteiger partial charge in [0.2, 0.25) is 0 Å². The second-order valence-corrected chi connectivity index (χ2v) is 4.62. The van der Waals surface area contributed by atoms with Gasteiger partial charge in [0.1, 0.15) is 0 Å². The van der Waals surface area contributed by atoms with E-state index in [9.17, 15) is 0 Å². The van der Waals surface area contributed by atoms with Crippen LogP contribution in [0.2, 0.25) is 0 Å². The van der Waals surface area contributed by atoms with E-state index in [1.165, 1.54) is 0 Å². The maximum absolute atomic E-state index is 4.46. The molecule has 0 fully saturated rings. The van der Waals surface area contributed by atoms with E-state index in [1.54, 1.807) is 0 Å². The van der Waals surface area contributed by atoms with Gasteiger partial charge in [-0.2, -0.15) is 6.20 Å². The Morgan fingerprint density at radius 2 is 1.60 bits per heavy atom. The molecular weight excluding hydrogens is 244 g/mol. The number of hydrogen-bond acceptors (Lipinski definition) is 1. The monoisotopic (exact) mass is 259 g/mol. The number of rotatable bonds is 4. The van der Waals surface area contributed by atoms with Crippen molar-refractivity contribution in [3.8, 4) is 0 Å². The lowest BCUT2D eigenvalue weighted by atomic mass is 10.2. The zero-order chi connectivity index (χ0) is 13.6. The maximum Gasteiger partial charge on any atom is 0.0625 e. The van der Waals surface area contributed by atoms with Gasteiger partial charge in [0.05, 0.1) is 5.69 Å². The lowest BCUT2D eigenvalue weighted by Crippen LogP contribution is -1.88. The molecule has 0 aliphatic heterocycles. The molecule has 0 unspecified atom stereocenters. The molecule has 2 aliphatic carbocycles. The number of hydrogen-bond donors (Lipinski definition) is 0. The summed E-state index contributed by atoms with van der Waals surface area (Å²) < 4.78 is 0. The summed E-state index contributed by atoms with van der Waals surface area (Å²) in [7, 11) is 0. The molecular formula is C18H15N2-. The smallest absolute Gasteiger partial charge is 0.0625 e. The molecule has 0 saturated heterocycles. The van der Waals surface area contributed by atoms with Gasteiger partial charge >= 0.3 is 0 Å². The van der Waals surface area contributed by atoms with Crippen LogP contribution in [0, 0.1) is 5.92 Å². The fraction of sp³-hybridized carbons (Fsp3) is 0.0556. The molecule has 2 aliphatic rings. The Balaban J connectivity index is 1.61. The summed E-state index contributed by atoms with van der Waals surface area (Å²) in [6.45, 7) is 0. The Morgan fingerprint density at radius 3 is 2.30 bits per heavy atom. The Labute approximate surface area is 119 Å². The quantitative estimate of drug-likeness (QED) is 0.669. The third-order valence-corrected chi connectivity index (χ3v) is 3.07. The largest absolute Gasteiger partial charge is 0.664 e. The van der Waals surface area contributed by atoms with E-state index >= 15 is 0 Å². The van der Waals surface area contributed by atoms with Gasteiger partial charge in [0.15, 0.2) is 0 Å². The van der Waals surface area contributed by atoms with Crippen LogP contribution in [0.5, 0.6) is 0 Å². The highest BCUT2D eigenvalue weighted by molar-refractivity contribution is 5.71. The number of benzene rings is 1. The second-order valence-electron chi connectivity index (χ2n) is 4.62. The van der Waals surface area contributed by atoms with E-state index in [2.05, 4.69) is 22.5 Å². The molecule has 0 bridgehead atoms. The number of aliphatic imine (C=N–C) groups is 1. The standard InChI is InChI=1S/C18H15N2/c1-2-6-15(5-1)13-19-17-9-11-18(12-10-17)20-14-16-7-3-4-8-16/h1-15H/q-1. The third-order valence-electron chi connectivity index (χ3n) is 3.07. The van der Waals surface area contributed by atoms with Gasteiger partial charge in [-0.3, -0.25) is 4.99 Å². The Bertz CT molecular complexity index is 615. The molecule has 1 aromatic rings. The molecule has 0 N–H and O–H groups in total. The highest BCUT2D eigenvalue weighted by atomic mass is 14.8. The summed E-state index contributed by atoms with van der Waals surface area (Å²) in [5.74, 6) is 0.324. The van der Waals surface area contributed by atoms with Crippen molar-refractivity contribution in [1.82, 2.24) is 0 Å². The molecule has 2 heteroatoms. The first-order chi connectivity index (χ1) is 9.90. The predicted molar refractivity (Wildman–Crippen MR) is 85.7 cm³/mol. The van der Waals surface area contributed by atoms with Crippen LogP contribution < -0.4 is 0 Å². The van der Waals surface area contributed by atoms with E-state index in [-0.39, 0.29) is 0 Å². The third kappa shape index (κ3) is 3.23. The fourth-order valence-electron chi connectivity index (χ4n) is 1.97. The van der Waals surface area contributed by atoms with E-state index in [0.717, 1.165) is 16.9 Å². The molecule has 98 valence electrons. The predicted octanol–water partition coefficient (Wildman–Crippen LogP) is 5.15. The minimum absolute atomic E-state index is 0.324. The first-order valence-corrected chi connectivity index (χ1v) is 6.65. The van der Waals surface area contributed by atoms with Crippen LogP contribution in [0.1, 0.15) is 0 Å². The zero-order valence-electron chi connectivity index (χ0n) is 11.1. The van der Waals surface area contributed by atoms with Crippen LogP contribution in [0.3, 0.4) is 0 Å². The number of allylic oxidation sites excluding steroid dienone is 9. The van der Waals surface area contributed by atoms with Crippen molar-refractivity contribution < 1.29 is 0 Å². The summed E-state index contributed by atoms with van der Waals surface area (Å²) in [6, 6.07) is 7.92. The van der Waals surface area contributed by atoms with Crippen molar-refractivity contribution in [2.45, 2.75) is 0 Å². The van der Waals surface area contributed by atoms with Gasteiger partial charge < -0.3 is 5.32 Å². The molecule has 0 heterocycles. The molecule has 1 aromatic carbocycles. The van der Waals surface area contributed by atoms with Gasteiger partial charge in [-0.15, -0.1) is 5.69 Å². The second kappa shape index (κ2) is 6.02. The highest BCUT2D eigenvalue weighted by Gasteiger charge is 1.98. The van der Waals surface area contributed by atoms with E-state index in [1.807, 2.05) is 73.1 Å². The average Bonchev–Trinajstić information content (AvgIpc) is 3.17. The first-order valence-electron chi connectivity index (χ1n) is 6.65. The van der Waals surface area contributed by atoms with Gasteiger partial charge in [-0.25, -0.2) is 0 Å². The first kappa shape index (κ1) is 12.4. The molecule has 3 rings (SSSR count). The van der Waals surface area contributed by atoms with Crippen LogP contribution in [-0.4, -0.2) is 6.21 Å². The zero-order valence-corrected chi connectivity index (χ0v) is 11.1. The van der Waals surface area contributed by atoms with Gasteiger partial charge in [-0.05, 0) is 17.7 Å². The maximum atomic E-state index is 4.46. The normalized spacial score (nSPS) is 16.7. The van der Waals surface area contributed by atoms with Gasteiger partial charge in [0, 0.05) is 12.1 Å². The summed E-state index contributed by atoms with van der Waals surface area (Å²) in [5.41, 5.74) is 3.00. The Hall–Kier alpha value is -2.61. The summed E-state index contributed by atoms with van der Waals surface area (Å²) in [6.07, 6.45) is 20.2. The van der Waals surface area contributed by atoms with Crippen LogP contribution >= 0.6 is 0 Å². The van der Waals surface area contributed by atoms with Crippen LogP contribution in [-0.2, 0) is 0 Å². The van der Waals surface area contributed by atoms with E-state index in [0.29, 0.717) is 5.92 Å². The lowest BCUT2D eigenvalue weighted by Gasteiger charge is -2.16. The fourth-order valence-corrected chi connectivity index (χ4v) is 1.97. The Kier molecular flexibility index (Phi) is 3.74. The summed E-state index contributed by atoms with van der Waals surface area (Å²) in [5, 5.41) is 4.43. The van der Waals surface area contributed by atoms with Crippen molar-refractivity contribution in [3.63, 3.8) is 0 Å². The van der Waals surface area contributed by atoms with Crippen molar-refractivity contribution in [2.24, 2.45) is 10.9 Å².